The van der Waals surface area contributed by atoms with E-state index in [1.165, 1.54) is 4.31 Å². The average Bonchev–Trinajstić information content (AvgIpc) is 2.76. The molecule has 3 aromatic carbocycles. The van der Waals surface area contributed by atoms with Gasteiger partial charge in [-0.25, -0.2) is 8.42 Å². The molecule has 1 amide bonds. The van der Waals surface area contributed by atoms with Gasteiger partial charge in [0.15, 0.2) is 0 Å². The molecule has 0 unspecified atom stereocenters. The largest absolute Gasteiger partial charge is 0.351 e. The summed E-state index contributed by atoms with van der Waals surface area (Å²) in [6.07, 6.45) is 1.15. The Morgan fingerprint density at radius 2 is 1.47 bits per heavy atom. The molecule has 0 saturated carbocycles. The van der Waals surface area contributed by atoms with Gasteiger partial charge in [-0.05, 0) is 29.2 Å². The normalized spacial score (nSPS) is 12.2. The maximum atomic E-state index is 13.0. The third kappa shape index (κ3) is 5.48. The number of nitrogens with one attached hydrogen (secondary N) is 1. The highest BCUT2D eigenvalue weighted by Crippen LogP contribution is 2.25. The predicted octanol–water partition coefficient (Wildman–Crippen LogP) is 4.19. The Morgan fingerprint density at radius 1 is 0.900 bits per heavy atom. The molecule has 1 N–H and O–H groups in total. The van der Waals surface area contributed by atoms with Crippen LogP contribution in [0.1, 0.15) is 34.3 Å². The number of sulfonamides is 1. The number of hydrogen-bond donors (Lipinski definition) is 1. The molecule has 0 spiro atoms. The molecule has 156 valence electrons. The van der Waals surface area contributed by atoms with E-state index in [1.54, 1.807) is 24.3 Å². The standard InChI is InChI=1S/C24H26N2O3S/c1-19(21-13-7-4-8-14-21)17-25-24(27)22-15-9-10-16-23(22)26(30(2,28)29)18-20-11-5-3-6-12-20/h3-16,19H,17-18H2,1-2H3,(H,25,27)/t19-/m0/s1. The van der Waals surface area contributed by atoms with E-state index in [0.29, 0.717) is 17.8 Å². The molecule has 0 aromatic heterocycles. The number of carbonyl (C=O) groups excluding carboxylic acids is 1. The van der Waals surface area contributed by atoms with E-state index < -0.39 is 10.0 Å². The first-order chi connectivity index (χ1) is 14.4. The van der Waals surface area contributed by atoms with Crippen LogP contribution in [-0.2, 0) is 16.6 Å². The third-order valence-corrected chi connectivity index (χ3v) is 6.05. The summed E-state index contributed by atoms with van der Waals surface area (Å²) in [6.45, 7) is 2.65. The lowest BCUT2D eigenvalue weighted by Gasteiger charge is -2.25. The Hall–Kier alpha value is -3.12. The molecule has 0 saturated heterocycles. The minimum absolute atomic E-state index is 0.137. The predicted molar refractivity (Wildman–Crippen MR) is 121 cm³/mol. The lowest BCUT2D eigenvalue weighted by molar-refractivity contribution is 0.0952. The Kier molecular flexibility index (Phi) is 6.90. The van der Waals surface area contributed by atoms with Crippen LogP contribution >= 0.6 is 0 Å². The van der Waals surface area contributed by atoms with Gasteiger partial charge in [-0.2, -0.15) is 0 Å². The van der Waals surface area contributed by atoms with Gasteiger partial charge in [0.2, 0.25) is 10.0 Å². The van der Waals surface area contributed by atoms with Gasteiger partial charge in [0.25, 0.3) is 5.91 Å². The maximum Gasteiger partial charge on any atom is 0.253 e. The average molecular weight is 423 g/mol. The van der Waals surface area contributed by atoms with E-state index in [4.69, 9.17) is 0 Å². The molecule has 0 heterocycles. The van der Waals surface area contributed by atoms with Crippen molar-refractivity contribution in [2.45, 2.75) is 19.4 Å². The summed E-state index contributed by atoms with van der Waals surface area (Å²) in [5.74, 6) is -0.160. The summed E-state index contributed by atoms with van der Waals surface area (Å²) >= 11 is 0. The van der Waals surface area contributed by atoms with Crippen molar-refractivity contribution in [3.8, 4) is 0 Å². The zero-order chi connectivity index (χ0) is 21.6. The zero-order valence-corrected chi connectivity index (χ0v) is 18.0. The van der Waals surface area contributed by atoms with Crippen molar-refractivity contribution in [2.75, 3.05) is 17.1 Å². The molecule has 1 atom stereocenters. The van der Waals surface area contributed by atoms with Crippen LogP contribution in [0.25, 0.3) is 0 Å². The van der Waals surface area contributed by atoms with Gasteiger partial charge in [0.1, 0.15) is 0 Å². The molecule has 5 nitrogen and oxygen atoms in total. The number of anilines is 1. The second kappa shape index (κ2) is 9.59. The van der Waals surface area contributed by atoms with Gasteiger partial charge in [-0.3, -0.25) is 9.10 Å². The summed E-state index contributed by atoms with van der Waals surface area (Å²) in [7, 11) is -3.59. The smallest absolute Gasteiger partial charge is 0.253 e. The fourth-order valence-electron chi connectivity index (χ4n) is 3.25. The lowest BCUT2D eigenvalue weighted by Crippen LogP contribution is -2.33. The summed E-state index contributed by atoms with van der Waals surface area (Å²) in [4.78, 5) is 13.0. The highest BCUT2D eigenvalue weighted by atomic mass is 32.2. The molecular formula is C24H26N2O3S. The fourth-order valence-corrected chi connectivity index (χ4v) is 4.15. The lowest BCUT2D eigenvalue weighted by atomic mass is 10.0. The van der Waals surface area contributed by atoms with Crippen LogP contribution in [0.4, 0.5) is 5.69 Å². The second-order valence-electron chi connectivity index (χ2n) is 7.29. The first-order valence-electron chi connectivity index (χ1n) is 9.80. The summed E-state index contributed by atoms with van der Waals surface area (Å²) in [5.41, 5.74) is 2.68. The Morgan fingerprint density at radius 3 is 2.10 bits per heavy atom. The number of nitrogens with zero attached hydrogens (tertiary/aromatic N) is 1. The van der Waals surface area contributed by atoms with Crippen LogP contribution in [0.15, 0.2) is 84.9 Å². The van der Waals surface area contributed by atoms with Gasteiger partial charge >= 0.3 is 0 Å². The summed E-state index contributed by atoms with van der Waals surface area (Å²) < 4.78 is 26.4. The van der Waals surface area contributed by atoms with E-state index in [1.807, 2.05) is 67.6 Å². The first kappa shape index (κ1) is 21.6. The summed E-state index contributed by atoms with van der Waals surface area (Å²) in [5, 5.41) is 2.95. The minimum Gasteiger partial charge on any atom is -0.351 e. The third-order valence-electron chi connectivity index (χ3n) is 4.92. The second-order valence-corrected chi connectivity index (χ2v) is 9.20. The van der Waals surface area contributed by atoms with Crippen LogP contribution < -0.4 is 9.62 Å². The van der Waals surface area contributed by atoms with Gasteiger partial charge in [0, 0.05) is 6.54 Å². The van der Waals surface area contributed by atoms with E-state index >= 15 is 0 Å². The van der Waals surface area contributed by atoms with Gasteiger partial charge in [-0.15, -0.1) is 0 Å². The van der Waals surface area contributed by atoms with Crippen molar-refractivity contribution in [3.05, 3.63) is 102 Å². The van der Waals surface area contributed by atoms with Crippen molar-refractivity contribution in [2.24, 2.45) is 0 Å². The molecule has 3 rings (SSSR count). The molecule has 0 fully saturated rings. The minimum atomic E-state index is -3.59. The molecule has 30 heavy (non-hydrogen) atoms. The number of hydrogen-bond acceptors (Lipinski definition) is 3. The summed E-state index contributed by atoms with van der Waals surface area (Å²) in [6, 6.07) is 26.1. The Labute approximate surface area is 178 Å². The van der Waals surface area contributed by atoms with E-state index in [-0.39, 0.29) is 18.4 Å². The van der Waals surface area contributed by atoms with Gasteiger partial charge in [-0.1, -0.05) is 79.7 Å². The number of rotatable bonds is 8. The van der Waals surface area contributed by atoms with Crippen LogP contribution in [0.2, 0.25) is 0 Å². The molecule has 3 aromatic rings. The van der Waals surface area contributed by atoms with Gasteiger partial charge in [0.05, 0.1) is 24.1 Å². The number of amides is 1. The van der Waals surface area contributed by atoms with Crippen LogP contribution in [-0.4, -0.2) is 27.1 Å². The number of para-hydroxylation sites is 1. The fraction of sp³-hybridized carbons (Fsp3) is 0.208. The molecule has 0 bridgehead atoms. The van der Waals surface area contributed by atoms with E-state index in [9.17, 15) is 13.2 Å². The zero-order valence-electron chi connectivity index (χ0n) is 17.2. The van der Waals surface area contributed by atoms with Crippen molar-refractivity contribution in [3.63, 3.8) is 0 Å². The highest BCUT2D eigenvalue weighted by molar-refractivity contribution is 7.92. The quantitative estimate of drug-likeness (QED) is 0.592. The van der Waals surface area contributed by atoms with Crippen LogP contribution in [0.3, 0.4) is 0 Å². The number of benzene rings is 3. The van der Waals surface area contributed by atoms with Crippen LogP contribution in [0.5, 0.6) is 0 Å². The molecule has 0 radical (unpaired) electrons. The van der Waals surface area contributed by atoms with Crippen molar-refractivity contribution in [1.82, 2.24) is 5.32 Å². The highest BCUT2D eigenvalue weighted by Gasteiger charge is 2.23. The molecule has 0 aliphatic heterocycles. The SMILES string of the molecule is C[C@@H](CNC(=O)c1ccccc1N(Cc1ccccc1)S(C)(=O)=O)c1ccccc1. The van der Waals surface area contributed by atoms with Gasteiger partial charge < -0.3 is 5.32 Å². The van der Waals surface area contributed by atoms with E-state index in [2.05, 4.69) is 5.32 Å². The molecule has 6 heteroatoms. The molecule has 0 aliphatic rings. The Balaban J connectivity index is 1.83. The van der Waals surface area contributed by atoms with E-state index in [0.717, 1.165) is 17.4 Å². The van der Waals surface area contributed by atoms with Crippen molar-refractivity contribution >= 4 is 21.6 Å². The van der Waals surface area contributed by atoms with Crippen LogP contribution in [0, 0.1) is 0 Å². The molecular weight excluding hydrogens is 396 g/mol. The first-order valence-corrected chi connectivity index (χ1v) is 11.6. The monoisotopic (exact) mass is 422 g/mol. The van der Waals surface area contributed by atoms with Crippen molar-refractivity contribution in [1.29, 1.82) is 0 Å². The Bertz CT molecular complexity index is 1080. The van der Waals surface area contributed by atoms with Crippen molar-refractivity contribution < 1.29 is 13.2 Å². The number of carbonyl (C=O) groups is 1. The topological polar surface area (TPSA) is 66.5 Å². The molecule has 0 aliphatic carbocycles. The maximum absolute atomic E-state index is 13.0.